The number of methoxy groups -OCH3 is 2. The second-order valence-corrected chi connectivity index (χ2v) is 6.20. The van der Waals surface area contributed by atoms with Crippen LogP contribution in [0, 0.1) is 13.8 Å². The molecule has 0 atom stereocenters. The van der Waals surface area contributed by atoms with E-state index in [1.807, 2.05) is 38.1 Å². The SMILES string of the molecule is COc1cc(Br)c(CC(=O)Nc2cc(C)ccc2C)cc1OC. The number of hydrogen-bond acceptors (Lipinski definition) is 3. The number of amides is 1. The van der Waals surface area contributed by atoms with Crippen LogP contribution in [0.4, 0.5) is 5.69 Å². The van der Waals surface area contributed by atoms with Crippen molar-refractivity contribution in [1.82, 2.24) is 0 Å². The fourth-order valence-electron chi connectivity index (χ4n) is 2.27. The number of carbonyl (C=O) groups is 1. The van der Waals surface area contributed by atoms with Crippen LogP contribution in [0.2, 0.25) is 0 Å². The van der Waals surface area contributed by atoms with E-state index in [-0.39, 0.29) is 12.3 Å². The molecule has 1 amide bonds. The second kappa shape index (κ2) is 7.51. The number of rotatable bonds is 5. The summed E-state index contributed by atoms with van der Waals surface area (Å²) < 4.78 is 11.3. The first kappa shape index (κ1) is 17.3. The summed E-state index contributed by atoms with van der Waals surface area (Å²) in [6.07, 6.45) is 0.244. The van der Waals surface area contributed by atoms with E-state index < -0.39 is 0 Å². The Bertz CT molecular complexity index is 728. The van der Waals surface area contributed by atoms with Gasteiger partial charge in [-0.25, -0.2) is 0 Å². The molecule has 0 saturated heterocycles. The summed E-state index contributed by atoms with van der Waals surface area (Å²) >= 11 is 3.48. The van der Waals surface area contributed by atoms with Crippen LogP contribution in [0.15, 0.2) is 34.8 Å². The molecule has 1 N–H and O–H groups in total. The second-order valence-electron chi connectivity index (χ2n) is 5.34. The number of carbonyl (C=O) groups excluding carboxylic acids is 1. The summed E-state index contributed by atoms with van der Waals surface area (Å²) in [4.78, 5) is 12.3. The van der Waals surface area contributed by atoms with Gasteiger partial charge in [-0.05, 0) is 48.7 Å². The van der Waals surface area contributed by atoms with Gasteiger partial charge in [-0.1, -0.05) is 28.1 Å². The van der Waals surface area contributed by atoms with Gasteiger partial charge in [0.1, 0.15) is 0 Å². The minimum atomic E-state index is -0.0772. The summed E-state index contributed by atoms with van der Waals surface area (Å²) in [6, 6.07) is 9.61. The van der Waals surface area contributed by atoms with E-state index in [9.17, 15) is 4.79 Å². The average molecular weight is 378 g/mol. The van der Waals surface area contributed by atoms with Crippen molar-refractivity contribution in [2.45, 2.75) is 20.3 Å². The van der Waals surface area contributed by atoms with Gasteiger partial charge >= 0.3 is 0 Å². The quantitative estimate of drug-likeness (QED) is 0.846. The number of ether oxygens (including phenoxy) is 2. The minimum absolute atomic E-state index is 0.0772. The Morgan fingerprint density at radius 2 is 1.74 bits per heavy atom. The van der Waals surface area contributed by atoms with Crippen molar-refractivity contribution in [3.63, 3.8) is 0 Å². The molecular weight excluding hydrogens is 358 g/mol. The van der Waals surface area contributed by atoms with Gasteiger partial charge in [0.25, 0.3) is 0 Å². The fourth-order valence-corrected chi connectivity index (χ4v) is 2.73. The molecule has 5 heteroatoms. The third-order valence-electron chi connectivity index (χ3n) is 3.57. The molecule has 0 fully saturated rings. The molecular formula is C18H20BrNO3. The Balaban J connectivity index is 2.18. The molecule has 0 aliphatic heterocycles. The lowest BCUT2D eigenvalue weighted by atomic mass is 10.1. The van der Waals surface area contributed by atoms with E-state index in [1.165, 1.54) is 0 Å². The molecule has 2 rings (SSSR count). The largest absolute Gasteiger partial charge is 0.493 e. The molecule has 23 heavy (non-hydrogen) atoms. The first-order chi connectivity index (χ1) is 10.9. The van der Waals surface area contributed by atoms with E-state index in [2.05, 4.69) is 21.2 Å². The van der Waals surface area contributed by atoms with Crippen molar-refractivity contribution in [1.29, 1.82) is 0 Å². The number of halogens is 1. The lowest BCUT2D eigenvalue weighted by Gasteiger charge is -2.13. The van der Waals surface area contributed by atoms with Crippen molar-refractivity contribution < 1.29 is 14.3 Å². The highest BCUT2D eigenvalue weighted by Crippen LogP contribution is 2.33. The van der Waals surface area contributed by atoms with Crippen LogP contribution < -0.4 is 14.8 Å². The van der Waals surface area contributed by atoms with E-state index in [1.54, 1.807) is 20.3 Å². The minimum Gasteiger partial charge on any atom is -0.493 e. The van der Waals surface area contributed by atoms with Gasteiger partial charge < -0.3 is 14.8 Å². The first-order valence-electron chi connectivity index (χ1n) is 7.22. The van der Waals surface area contributed by atoms with E-state index in [0.717, 1.165) is 26.9 Å². The normalized spacial score (nSPS) is 10.3. The highest BCUT2D eigenvalue weighted by molar-refractivity contribution is 9.10. The maximum Gasteiger partial charge on any atom is 0.228 e. The monoisotopic (exact) mass is 377 g/mol. The zero-order valence-corrected chi connectivity index (χ0v) is 15.3. The molecule has 0 unspecified atom stereocenters. The van der Waals surface area contributed by atoms with Gasteiger partial charge in [-0.2, -0.15) is 0 Å². The zero-order valence-electron chi connectivity index (χ0n) is 13.7. The van der Waals surface area contributed by atoms with Crippen molar-refractivity contribution >= 4 is 27.5 Å². The molecule has 0 aromatic heterocycles. The van der Waals surface area contributed by atoms with Crippen molar-refractivity contribution in [2.24, 2.45) is 0 Å². The molecule has 2 aromatic carbocycles. The van der Waals surface area contributed by atoms with Crippen molar-refractivity contribution in [3.05, 3.63) is 51.5 Å². The molecule has 0 aliphatic rings. The van der Waals surface area contributed by atoms with Crippen LogP contribution >= 0.6 is 15.9 Å². The highest BCUT2D eigenvalue weighted by atomic mass is 79.9. The number of benzene rings is 2. The van der Waals surface area contributed by atoms with Gasteiger partial charge in [0, 0.05) is 10.2 Å². The van der Waals surface area contributed by atoms with Crippen molar-refractivity contribution in [3.8, 4) is 11.5 Å². The third-order valence-corrected chi connectivity index (χ3v) is 4.31. The van der Waals surface area contributed by atoms with E-state index >= 15 is 0 Å². The van der Waals surface area contributed by atoms with E-state index in [0.29, 0.717) is 11.5 Å². The first-order valence-corrected chi connectivity index (χ1v) is 8.01. The number of nitrogens with one attached hydrogen (secondary N) is 1. The van der Waals surface area contributed by atoms with Crippen LogP contribution in [-0.2, 0) is 11.2 Å². The molecule has 4 nitrogen and oxygen atoms in total. The smallest absolute Gasteiger partial charge is 0.228 e. The highest BCUT2D eigenvalue weighted by Gasteiger charge is 2.13. The number of anilines is 1. The Labute approximate surface area is 144 Å². The molecule has 2 aromatic rings. The predicted molar refractivity (Wildman–Crippen MR) is 95.5 cm³/mol. The predicted octanol–water partition coefficient (Wildman–Crippen LogP) is 4.26. The van der Waals surface area contributed by atoms with Crippen LogP contribution in [0.1, 0.15) is 16.7 Å². The van der Waals surface area contributed by atoms with Crippen molar-refractivity contribution in [2.75, 3.05) is 19.5 Å². The summed E-state index contributed by atoms with van der Waals surface area (Å²) in [5.41, 5.74) is 3.82. The third kappa shape index (κ3) is 4.26. The van der Waals surface area contributed by atoms with Gasteiger partial charge in [0.15, 0.2) is 11.5 Å². The topological polar surface area (TPSA) is 47.6 Å². The average Bonchev–Trinajstić information content (AvgIpc) is 2.52. The molecule has 0 aliphatic carbocycles. The molecule has 0 spiro atoms. The maximum atomic E-state index is 12.3. The van der Waals surface area contributed by atoms with Crippen LogP contribution in [0.25, 0.3) is 0 Å². The molecule has 0 saturated carbocycles. The Morgan fingerprint density at radius 1 is 1.09 bits per heavy atom. The zero-order chi connectivity index (χ0) is 17.0. The molecule has 0 heterocycles. The number of hydrogen-bond donors (Lipinski definition) is 1. The van der Waals surface area contributed by atoms with Gasteiger partial charge in [-0.15, -0.1) is 0 Å². The Morgan fingerprint density at radius 3 is 2.39 bits per heavy atom. The van der Waals surface area contributed by atoms with Crippen LogP contribution in [-0.4, -0.2) is 20.1 Å². The standard InChI is InChI=1S/C18H20BrNO3/c1-11-5-6-12(2)15(7-11)20-18(21)9-13-8-16(22-3)17(23-4)10-14(13)19/h5-8,10H,9H2,1-4H3,(H,20,21). The summed E-state index contributed by atoms with van der Waals surface area (Å²) in [6.45, 7) is 3.97. The van der Waals surface area contributed by atoms with Gasteiger partial charge in [-0.3, -0.25) is 4.79 Å². The van der Waals surface area contributed by atoms with Gasteiger partial charge in [0.2, 0.25) is 5.91 Å². The molecule has 0 bridgehead atoms. The van der Waals surface area contributed by atoms with Crippen LogP contribution in [0.5, 0.6) is 11.5 Å². The number of aryl methyl sites for hydroxylation is 2. The lowest BCUT2D eigenvalue weighted by Crippen LogP contribution is -2.15. The van der Waals surface area contributed by atoms with E-state index in [4.69, 9.17) is 9.47 Å². The fraction of sp³-hybridized carbons (Fsp3) is 0.278. The summed E-state index contributed by atoms with van der Waals surface area (Å²) in [5, 5.41) is 2.96. The Hall–Kier alpha value is -2.01. The Kier molecular flexibility index (Phi) is 5.66. The van der Waals surface area contributed by atoms with Gasteiger partial charge in [0.05, 0.1) is 20.6 Å². The van der Waals surface area contributed by atoms with Crippen LogP contribution in [0.3, 0.4) is 0 Å². The maximum absolute atomic E-state index is 12.3. The molecule has 0 radical (unpaired) electrons. The summed E-state index contributed by atoms with van der Waals surface area (Å²) in [7, 11) is 3.16. The lowest BCUT2D eigenvalue weighted by molar-refractivity contribution is -0.115. The summed E-state index contributed by atoms with van der Waals surface area (Å²) in [5.74, 6) is 1.15. The molecule has 122 valence electrons.